The summed E-state index contributed by atoms with van der Waals surface area (Å²) in [6, 6.07) is 16.0. The number of hydrogen-bond donors (Lipinski definition) is 0. The fourth-order valence-electron chi connectivity index (χ4n) is 1.94. The van der Waals surface area contributed by atoms with Gasteiger partial charge in [0.1, 0.15) is 6.33 Å². The van der Waals surface area contributed by atoms with Crippen LogP contribution in [0.5, 0.6) is 0 Å². The molecule has 2 aromatic carbocycles. The molecule has 0 bridgehead atoms. The second kappa shape index (κ2) is 7.44. The lowest BCUT2D eigenvalue weighted by Crippen LogP contribution is -1.93. The molecule has 0 N–H and O–H groups in total. The normalized spacial score (nSPS) is 11.2. The number of thioether (sulfide) groups is 1. The zero-order chi connectivity index (χ0) is 16.1. The molecule has 0 saturated carbocycles. The summed E-state index contributed by atoms with van der Waals surface area (Å²) < 4.78 is 1.67. The van der Waals surface area contributed by atoms with Crippen molar-refractivity contribution in [2.75, 3.05) is 0 Å². The van der Waals surface area contributed by atoms with Crippen molar-refractivity contribution >= 4 is 29.6 Å². The summed E-state index contributed by atoms with van der Waals surface area (Å²) in [5.74, 6) is 0.825. The molecule has 0 unspecified atom stereocenters. The Kier molecular flexibility index (Phi) is 5.10. The van der Waals surface area contributed by atoms with Crippen molar-refractivity contribution in [3.63, 3.8) is 0 Å². The van der Waals surface area contributed by atoms with E-state index in [9.17, 15) is 0 Å². The molecule has 3 rings (SSSR count). The minimum absolute atomic E-state index is 0.687. The lowest BCUT2D eigenvalue weighted by atomic mass is 10.2. The van der Waals surface area contributed by atoms with Gasteiger partial charge in [0.15, 0.2) is 0 Å². The second-order valence-electron chi connectivity index (χ2n) is 5.03. The van der Waals surface area contributed by atoms with E-state index in [2.05, 4.69) is 46.5 Å². The standard InChI is InChI=1S/C17H15ClN4S/c1-13-5-7-14(8-6-13)11-23-17-21-19-12-22(17)20-10-15-3-2-4-16(18)9-15/h2-10,12H,11H2,1H3/b20-10+. The minimum atomic E-state index is 0.687. The third-order valence-electron chi connectivity index (χ3n) is 3.17. The highest BCUT2D eigenvalue weighted by Gasteiger charge is 2.04. The van der Waals surface area contributed by atoms with E-state index >= 15 is 0 Å². The van der Waals surface area contributed by atoms with E-state index in [1.807, 2.05) is 24.3 Å². The average molecular weight is 343 g/mol. The van der Waals surface area contributed by atoms with Gasteiger partial charge in [-0.15, -0.1) is 10.2 Å². The number of halogens is 1. The average Bonchev–Trinajstić information content (AvgIpc) is 3.00. The molecule has 23 heavy (non-hydrogen) atoms. The first-order valence-corrected chi connectivity index (χ1v) is 8.45. The van der Waals surface area contributed by atoms with Crippen molar-refractivity contribution < 1.29 is 0 Å². The molecule has 0 saturated heterocycles. The van der Waals surface area contributed by atoms with E-state index in [0.717, 1.165) is 16.5 Å². The van der Waals surface area contributed by atoms with E-state index < -0.39 is 0 Å². The summed E-state index contributed by atoms with van der Waals surface area (Å²) in [4.78, 5) is 0. The number of hydrogen-bond acceptors (Lipinski definition) is 4. The van der Waals surface area contributed by atoms with Crippen LogP contribution in [0, 0.1) is 6.92 Å². The summed E-state index contributed by atoms with van der Waals surface area (Å²) in [5.41, 5.74) is 3.43. The lowest BCUT2D eigenvalue weighted by Gasteiger charge is -2.02. The molecule has 0 atom stereocenters. The second-order valence-corrected chi connectivity index (χ2v) is 6.41. The van der Waals surface area contributed by atoms with E-state index in [1.165, 1.54) is 11.1 Å². The van der Waals surface area contributed by atoms with Gasteiger partial charge in [-0.2, -0.15) is 9.78 Å². The molecular weight excluding hydrogens is 328 g/mol. The van der Waals surface area contributed by atoms with Crippen LogP contribution in [0.4, 0.5) is 0 Å². The van der Waals surface area contributed by atoms with E-state index in [-0.39, 0.29) is 0 Å². The molecule has 0 radical (unpaired) electrons. The lowest BCUT2D eigenvalue weighted by molar-refractivity contribution is 0.767. The quantitative estimate of drug-likeness (QED) is 0.509. The van der Waals surface area contributed by atoms with Crippen LogP contribution >= 0.6 is 23.4 Å². The first-order valence-electron chi connectivity index (χ1n) is 7.09. The molecule has 0 amide bonds. The van der Waals surface area contributed by atoms with Crippen LogP contribution in [0.25, 0.3) is 0 Å². The first kappa shape index (κ1) is 15.8. The van der Waals surface area contributed by atoms with Gasteiger partial charge in [-0.3, -0.25) is 0 Å². The number of rotatable bonds is 5. The Balaban J connectivity index is 1.68. The summed E-state index contributed by atoms with van der Waals surface area (Å²) >= 11 is 7.57. The molecule has 0 aliphatic rings. The fourth-order valence-corrected chi connectivity index (χ4v) is 2.96. The van der Waals surface area contributed by atoms with E-state index in [4.69, 9.17) is 11.6 Å². The molecule has 4 nitrogen and oxygen atoms in total. The maximum Gasteiger partial charge on any atom is 0.212 e. The molecule has 0 aliphatic heterocycles. The van der Waals surface area contributed by atoms with Crippen molar-refractivity contribution in [3.8, 4) is 0 Å². The molecule has 0 aliphatic carbocycles. The Morgan fingerprint density at radius 1 is 1.22 bits per heavy atom. The van der Waals surface area contributed by atoms with Gasteiger partial charge in [-0.05, 0) is 30.2 Å². The van der Waals surface area contributed by atoms with Crippen LogP contribution in [-0.4, -0.2) is 21.1 Å². The smallest absolute Gasteiger partial charge is 0.195 e. The Morgan fingerprint density at radius 3 is 2.83 bits per heavy atom. The molecule has 0 fully saturated rings. The molecule has 6 heteroatoms. The van der Waals surface area contributed by atoms with Crippen LogP contribution in [0.2, 0.25) is 5.02 Å². The molecule has 116 valence electrons. The van der Waals surface area contributed by atoms with Crippen LogP contribution in [0.15, 0.2) is 65.1 Å². The molecule has 3 aromatic rings. The third-order valence-corrected chi connectivity index (χ3v) is 4.41. The summed E-state index contributed by atoms with van der Waals surface area (Å²) in [5, 5.41) is 13.9. The SMILES string of the molecule is Cc1ccc(CSc2nncn2/N=C/c2cccc(Cl)c2)cc1. The number of nitrogens with zero attached hydrogens (tertiary/aromatic N) is 4. The van der Waals surface area contributed by atoms with Gasteiger partial charge >= 0.3 is 0 Å². The van der Waals surface area contributed by atoms with Crippen molar-refractivity contribution in [2.45, 2.75) is 17.8 Å². The van der Waals surface area contributed by atoms with Gasteiger partial charge in [0.05, 0.1) is 6.21 Å². The van der Waals surface area contributed by atoms with Crippen molar-refractivity contribution in [3.05, 3.63) is 76.6 Å². The molecule has 1 aromatic heterocycles. The summed E-state index contributed by atoms with van der Waals surface area (Å²) in [6.45, 7) is 2.08. The summed E-state index contributed by atoms with van der Waals surface area (Å²) in [6.07, 6.45) is 3.34. The number of benzene rings is 2. The van der Waals surface area contributed by atoms with Crippen molar-refractivity contribution in [1.29, 1.82) is 0 Å². The Labute approximate surface area is 144 Å². The number of aryl methyl sites for hydroxylation is 1. The van der Waals surface area contributed by atoms with Gasteiger partial charge in [0.2, 0.25) is 5.16 Å². The van der Waals surface area contributed by atoms with Crippen LogP contribution in [0.1, 0.15) is 16.7 Å². The highest BCUT2D eigenvalue weighted by atomic mass is 35.5. The highest BCUT2D eigenvalue weighted by molar-refractivity contribution is 7.98. The zero-order valence-electron chi connectivity index (χ0n) is 12.6. The minimum Gasteiger partial charge on any atom is -0.195 e. The van der Waals surface area contributed by atoms with E-state index in [0.29, 0.717) is 5.02 Å². The predicted molar refractivity (Wildman–Crippen MR) is 95.2 cm³/mol. The fraction of sp³-hybridized carbons (Fsp3) is 0.118. The molecule has 1 heterocycles. The Hall–Kier alpha value is -2.11. The maximum atomic E-state index is 5.97. The van der Waals surface area contributed by atoms with E-state index in [1.54, 1.807) is 29.0 Å². The Morgan fingerprint density at radius 2 is 2.04 bits per heavy atom. The van der Waals surface area contributed by atoms with Crippen LogP contribution in [0.3, 0.4) is 0 Å². The highest BCUT2D eigenvalue weighted by Crippen LogP contribution is 2.20. The number of aromatic nitrogens is 3. The molecular formula is C17H15ClN4S. The largest absolute Gasteiger partial charge is 0.212 e. The van der Waals surface area contributed by atoms with Crippen LogP contribution < -0.4 is 0 Å². The van der Waals surface area contributed by atoms with Gasteiger partial charge < -0.3 is 0 Å². The van der Waals surface area contributed by atoms with Gasteiger partial charge in [-0.1, -0.05) is 65.3 Å². The van der Waals surface area contributed by atoms with Crippen molar-refractivity contribution in [1.82, 2.24) is 14.9 Å². The van der Waals surface area contributed by atoms with Gasteiger partial charge in [-0.25, -0.2) is 0 Å². The Bertz CT molecular complexity index is 811. The molecule has 0 spiro atoms. The zero-order valence-corrected chi connectivity index (χ0v) is 14.1. The first-order chi connectivity index (χ1) is 11.2. The van der Waals surface area contributed by atoms with Crippen molar-refractivity contribution in [2.24, 2.45) is 5.10 Å². The summed E-state index contributed by atoms with van der Waals surface area (Å²) in [7, 11) is 0. The monoisotopic (exact) mass is 342 g/mol. The van der Waals surface area contributed by atoms with Gasteiger partial charge in [0.25, 0.3) is 0 Å². The maximum absolute atomic E-state index is 5.97. The van der Waals surface area contributed by atoms with Gasteiger partial charge in [0, 0.05) is 10.8 Å². The predicted octanol–water partition coefficient (Wildman–Crippen LogP) is 4.41. The third kappa shape index (κ3) is 4.43. The van der Waals surface area contributed by atoms with Crippen LogP contribution in [-0.2, 0) is 5.75 Å². The topological polar surface area (TPSA) is 43.1 Å².